The number of ether oxygens (including phenoxy) is 1. The minimum atomic E-state index is -1.81. The molecule has 0 aromatic heterocycles. The van der Waals surface area contributed by atoms with Gasteiger partial charge in [-0.3, -0.25) is 4.90 Å². The molecule has 2 heterocycles. The maximum Gasteiger partial charge on any atom is 0.407 e. The Balaban J connectivity index is 1.71. The number of benzene rings is 1. The molecular formula is C24H36N2O6Si. The molecule has 0 saturated carbocycles. The third-order valence-electron chi connectivity index (χ3n) is 7.31. The zero-order valence-electron chi connectivity index (χ0n) is 20.4. The molecule has 2 N–H and O–H groups in total. The summed E-state index contributed by atoms with van der Waals surface area (Å²) in [5.74, 6) is -0.295. The van der Waals surface area contributed by atoms with Crippen LogP contribution in [0.5, 0.6) is 5.75 Å². The largest absolute Gasteiger partial charge is 0.491 e. The quantitative estimate of drug-likeness (QED) is 0.453. The molecule has 9 heteroatoms. The van der Waals surface area contributed by atoms with E-state index >= 15 is 0 Å². The van der Waals surface area contributed by atoms with Gasteiger partial charge in [-0.2, -0.15) is 0 Å². The number of nitrogens with zero attached hydrogens (tertiary/aromatic N) is 2. The van der Waals surface area contributed by atoms with Crippen LogP contribution in [0.3, 0.4) is 0 Å². The summed E-state index contributed by atoms with van der Waals surface area (Å²) >= 11 is 0. The normalized spacial score (nSPS) is 21.8. The average Bonchev–Trinajstić information content (AvgIpc) is 2.70. The van der Waals surface area contributed by atoms with Crippen molar-refractivity contribution >= 4 is 26.0 Å². The standard InChI is InChI=1S/C24H36N2O6Si/c1-24(2,3)33(5,6)32-12-11-31-18-9-7-16(8-10-18)19-13-17-14-26(23(29)30)15-20(25(17)4)21(19)22(27)28/h7-10,17,20H,11-15H2,1-6H3,(H,27,28)(H,29,30)/t17-,20-/m1/s1. The smallest absolute Gasteiger partial charge is 0.407 e. The van der Waals surface area contributed by atoms with Crippen LogP contribution in [0, 0.1) is 0 Å². The average molecular weight is 477 g/mol. The monoisotopic (exact) mass is 476 g/mol. The fraction of sp³-hybridized carbons (Fsp3) is 0.583. The Morgan fingerprint density at radius 2 is 1.73 bits per heavy atom. The van der Waals surface area contributed by atoms with Crippen molar-refractivity contribution in [3.05, 3.63) is 35.4 Å². The maximum absolute atomic E-state index is 12.2. The van der Waals surface area contributed by atoms with Crippen LogP contribution < -0.4 is 4.74 Å². The summed E-state index contributed by atoms with van der Waals surface area (Å²) in [6.45, 7) is 12.5. The van der Waals surface area contributed by atoms with E-state index in [1.807, 2.05) is 36.2 Å². The number of likely N-dealkylation sites (N-methyl/N-ethyl adjacent to an activating group) is 1. The number of carboxylic acid groups (broad SMARTS) is 2. The van der Waals surface area contributed by atoms with Crippen molar-refractivity contribution in [2.45, 2.75) is 57.4 Å². The van der Waals surface area contributed by atoms with E-state index in [4.69, 9.17) is 9.16 Å². The summed E-state index contributed by atoms with van der Waals surface area (Å²) in [6.07, 6.45) is -0.524. The molecule has 2 atom stereocenters. The van der Waals surface area contributed by atoms with E-state index in [2.05, 4.69) is 33.9 Å². The molecule has 33 heavy (non-hydrogen) atoms. The first-order chi connectivity index (χ1) is 15.3. The van der Waals surface area contributed by atoms with Crippen LogP contribution in [0.4, 0.5) is 4.79 Å². The van der Waals surface area contributed by atoms with Gasteiger partial charge in [0.25, 0.3) is 0 Å². The van der Waals surface area contributed by atoms with Crippen LogP contribution in [0.15, 0.2) is 29.8 Å². The third-order valence-corrected chi connectivity index (χ3v) is 11.9. The SMILES string of the molecule is CN1[C@@H]2CC(c3ccc(OCCO[Si](C)(C)C(C)(C)C)cc3)=C(C(=O)O)[C@H]1CN(C(=O)O)C2. The Morgan fingerprint density at radius 1 is 1.09 bits per heavy atom. The lowest BCUT2D eigenvalue weighted by Gasteiger charge is -2.48. The summed E-state index contributed by atoms with van der Waals surface area (Å²) in [6, 6.07) is 6.96. The van der Waals surface area contributed by atoms with Gasteiger partial charge in [-0.05, 0) is 54.9 Å². The summed E-state index contributed by atoms with van der Waals surface area (Å²) in [5.41, 5.74) is 1.88. The van der Waals surface area contributed by atoms with Gasteiger partial charge >= 0.3 is 12.1 Å². The number of hydrogen-bond acceptors (Lipinski definition) is 5. The highest BCUT2D eigenvalue weighted by Crippen LogP contribution is 2.38. The second-order valence-electron chi connectivity index (χ2n) is 10.4. The third kappa shape index (κ3) is 5.42. The summed E-state index contributed by atoms with van der Waals surface area (Å²) in [7, 11) is 0.0641. The Labute approximate surface area is 196 Å². The molecule has 1 fully saturated rings. The van der Waals surface area contributed by atoms with Crippen molar-refractivity contribution in [1.82, 2.24) is 9.80 Å². The van der Waals surface area contributed by atoms with Crippen molar-refractivity contribution in [2.24, 2.45) is 0 Å². The predicted molar refractivity (Wildman–Crippen MR) is 129 cm³/mol. The number of aliphatic carboxylic acids is 1. The summed E-state index contributed by atoms with van der Waals surface area (Å²) in [4.78, 5) is 27.0. The van der Waals surface area contributed by atoms with Gasteiger partial charge in [0, 0.05) is 19.1 Å². The van der Waals surface area contributed by atoms with Gasteiger partial charge < -0.3 is 24.3 Å². The van der Waals surface area contributed by atoms with Gasteiger partial charge in [0.05, 0.1) is 18.2 Å². The van der Waals surface area contributed by atoms with Crippen LogP contribution in [0.25, 0.3) is 5.57 Å². The molecule has 1 aromatic carbocycles. The number of rotatable bonds is 7. The Kier molecular flexibility index (Phi) is 7.26. The van der Waals surface area contributed by atoms with E-state index in [1.165, 1.54) is 4.90 Å². The second kappa shape index (κ2) is 9.48. The predicted octanol–water partition coefficient (Wildman–Crippen LogP) is 3.99. The number of piperazine rings is 1. The Hall–Kier alpha value is -2.36. The molecule has 2 bridgehead atoms. The van der Waals surface area contributed by atoms with Crippen molar-refractivity contribution < 1.29 is 29.0 Å². The molecule has 1 amide bonds. The maximum atomic E-state index is 12.2. The van der Waals surface area contributed by atoms with Crippen LogP contribution in [0.2, 0.25) is 18.1 Å². The molecule has 8 nitrogen and oxygen atoms in total. The van der Waals surface area contributed by atoms with E-state index < -0.39 is 26.4 Å². The number of carbonyl (C=O) groups is 2. The molecule has 2 aliphatic rings. The van der Waals surface area contributed by atoms with Gasteiger partial charge in [-0.25, -0.2) is 9.59 Å². The highest BCUT2D eigenvalue weighted by atomic mass is 28.4. The molecule has 0 unspecified atom stereocenters. The first-order valence-electron chi connectivity index (χ1n) is 11.3. The van der Waals surface area contributed by atoms with Crippen molar-refractivity contribution in [1.29, 1.82) is 0 Å². The van der Waals surface area contributed by atoms with Crippen LogP contribution in [-0.2, 0) is 9.22 Å². The van der Waals surface area contributed by atoms with E-state index in [0.717, 1.165) is 11.1 Å². The molecular weight excluding hydrogens is 440 g/mol. The summed E-state index contributed by atoms with van der Waals surface area (Å²) in [5, 5.41) is 19.5. The van der Waals surface area contributed by atoms with Crippen LogP contribution in [-0.4, -0.2) is 85.8 Å². The minimum Gasteiger partial charge on any atom is -0.491 e. The Morgan fingerprint density at radius 3 is 2.27 bits per heavy atom. The van der Waals surface area contributed by atoms with Gasteiger partial charge in [0.2, 0.25) is 0 Å². The highest BCUT2D eigenvalue weighted by molar-refractivity contribution is 6.74. The van der Waals surface area contributed by atoms with Gasteiger partial charge in [0.1, 0.15) is 12.4 Å². The lowest BCUT2D eigenvalue weighted by Crippen LogP contribution is -2.61. The summed E-state index contributed by atoms with van der Waals surface area (Å²) < 4.78 is 12.0. The van der Waals surface area contributed by atoms with E-state index in [9.17, 15) is 19.8 Å². The zero-order chi connectivity index (χ0) is 24.6. The minimum absolute atomic E-state index is 0.0543. The molecule has 0 radical (unpaired) electrons. The molecule has 0 aliphatic carbocycles. The van der Waals surface area contributed by atoms with E-state index in [0.29, 0.717) is 31.9 Å². The number of hydrogen-bond donors (Lipinski definition) is 2. The lowest BCUT2D eigenvalue weighted by atomic mass is 9.82. The van der Waals surface area contributed by atoms with Crippen LogP contribution >= 0.6 is 0 Å². The first kappa shape index (κ1) is 25.3. The van der Waals surface area contributed by atoms with Crippen molar-refractivity contribution in [3.63, 3.8) is 0 Å². The number of amides is 1. The van der Waals surface area contributed by atoms with Crippen molar-refractivity contribution in [3.8, 4) is 5.75 Å². The number of fused-ring (bicyclic) bond motifs is 2. The van der Waals surface area contributed by atoms with Gasteiger partial charge in [0.15, 0.2) is 8.32 Å². The molecule has 182 valence electrons. The number of carboxylic acids is 1. The first-order valence-corrected chi connectivity index (χ1v) is 14.3. The molecule has 2 aliphatic heterocycles. The molecule has 3 rings (SSSR count). The van der Waals surface area contributed by atoms with Crippen molar-refractivity contribution in [2.75, 3.05) is 33.4 Å². The highest BCUT2D eigenvalue weighted by Gasteiger charge is 2.43. The molecule has 0 spiro atoms. The van der Waals surface area contributed by atoms with E-state index in [1.54, 1.807) is 0 Å². The lowest BCUT2D eigenvalue weighted by molar-refractivity contribution is -0.134. The second-order valence-corrected chi connectivity index (χ2v) is 15.2. The fourth-order valence-electron chi connectivity index (χ4n) is 4.23. The zero-order valence-corrected chi connectivity index (χ0v) is 21.4. The van der Waals surface area contributed by atoms with Gasteiger partial charge in [-0.15, -0.1) is 0 Å². The fourth-order valence-corrected chi connectivity index (χ4v) is 5.25. The molecule has 1 aromatic rings. The van der Waals surface area contributed by atoms with E-state index in [-0.39, 0.29) is 23.2 Å². The van der Waals surface area contributed by atoms with Crippen LogP contribution in [0.1, 0.15) is 32.8 Å². The molecule has 1 saturated heterocycles. The topological polar surface area (TPSA) is 99.5 Å². The Bertz CT molecular complexity index is 922. The van der Waals surface area contributed by atoms with Gasteiger partial charge in [-0.1, -0.05) is 32.9 Å².